The van der Waals surface area contributed by atoms with Gasteiger partial charge in [0.2, 0.25) is 0 Å². The number of anilines is 1. The van der Waals surface area contributed by atoms with E-state index in [9.17, 15) is 4.39 Å². The van der Waals surface area contributed by atoms with Gasteiger partial charge in [0.25, 0.3) is 0 Å². The average molecular weight is 277 g/mol. The van der Waals surface area contributed by atoms with Gasteiger partial charge in [-0.3, -0.25) is 0 Å². The molecule has 0 aliphatic rings. The lowest BCUT2D eigenvalue weighted by Crippen LogP contribution is -2.27. The van der Waals surface area contributed by atoms with E-state index < -0.39 is 5.82 Å². The topological polar surface area (TPSA) is 45.1 Å². The molecule has 0 aliphatic heterocycles. The van der Waals surface area contributed by atoms with E-state index in [2.05, 4.69) is 26.2 Å². The van der Waals surface area contributed by atoms with Crippen LogP contribution in [0.2, 0.25) is 0 Å². The van der Waals surface area contributed by atoms with E-state index in [0.29, 0.717) is 4.47 Å². The number of rotatable bonds is 4. The van der Waals surface area contributed by atoms with E-state index in [0.717, 1.165) is 0 Å². The van der Waals surface area contributed by atoms with Gasteiger partial charge in [-0.15, -0.1) is 0 Å². The summed E-state index contributed by atoms with van der Waals surface area (Å²) in [6.45, 7) is 3.82. The predicted octanol–water partition coefficient (Wildman–Crippen LogP) is 2.41. The molecule has 1 aromatic rings. The van der Waals surface area contributed by atoms with Crippen molar-refractivity contribution in [3.63, 3.8) is 0 Å². The van der Waals surface area contributed by atoms with Crippen LogP contribution in [0.1, 0.15) is 13.8 Å². The van der Waals surface area contributed by atoms with Crippen molar-refractivity contribution in [2.45, 2.75) is 19.9 Å². The summed E-state index contributed by atoms with van der Waals surface area (Å²) in [6.07, 6.45) is 1.53. The Balaban J connectivity index is 2.72. The van der Waals surface area contributed by atoms with Gasteiger partial charge in [0.05, 0.1) is 0 Å². The van der Waals surface area contributed by atoms with Crippen LogP contribution in [0.3, 0.4) is 0 Å². The van der Waals surface area contributed by atoms with Gasteiger partial charge in [0.15, 0.2) is 11.6 Å². The summed E-state index contributed by atoms with van der Waals surface area (Å²) in [5, 5.41) is 11.9. The molecule has 0 spiro atoms. The Bertz CT molecular complexity index is 335. The van der Waals surface area contributed by atoms with Crippen molar-refractivity contribution >= 4 is 21.7 Å². The van der Waals surface area contributed by atoms with Crippen molar-refractivity contribution in [1.29, 1.82) is 0 Å². The maximum absolute atomic E-state index is 13.4. The zero-order valence-corrected chi connectivity index (χ0v) is 10.3. The number of hydrogen-bond donors (Lipinski definition) is 2. The third-order valence-corrected chi connectivity index (χ3v) is 2.75. The number of hydrogen-bond acceptors (Lipinski definition) is 3. The monoisotopic (exact) mass is 276 g/mol. The molecule has 3 nitrogen and oxygen atoms in total. The minimum atomic E-state index is -0.402. The molecule has 0 aromatic carbocycles. The van der Waals surface area contributed by atoms with Crippen LogP contribution in [-0.2, 0) is 0 Å². The summed E-state index contributed by atoms with van der Waals surface area (Å²) in [5.41, 5.74) is 0. The van der Waals surface area contributed by atoms with E-state index in [1.54, 1.807) is 0 Å². The zero-order chi connectivity index (χ0) is 11.4. The van der Waals surface area contributed by atoms with Crippen molar-refractivity contribution < 1.29 is 9.50 Å². The van der Waals surface area contributed by atoms with Gasteiger partial charge in [-0.1, -0.05) is 6.92 Å². The molecule has 1 rings (SSSR count). The number of halogens is 2. The van der Waals surface area contributed by atoms with Crippen LogP contribution >= 0.6 is 15.9 Å². The van der Waals surface area contributed by atoms with Crippen molar-refractivity contribution in [3.8, 4) is 0 Å². The standard InChI is InChI=1S/C10H14BrFN2O/c1-6(5-15)7(2)14-10-9(12)3-8(11)4-13-10/h3-4,6-7,15H,5H2,1-2H3,(H,13,14). The Kier molecular flexibility index (Phi) is 4.47. The van der Waals surface area contributed by atoms with Crippen molar-refractivity contribution in [2.24, 2.45) is 5.92 Å². The van der Waals surface area contributed by atoms with Gasteiger partial charge in [-0.05, 0) is 34.8 Å². The summed E-state index contributed by atoms with van der Waals surface area (Å²) in [4.78, 5) is 3.92. The molecule has 0 bridgehead atoms. The predicted molar refractivity (Wildman–Crippen MR) is 61.2 cm³/mol. The summed E-state index contributed by atoms with van der Waals surface area (Å²) in [6, 6.07) is 1.32. The number of aromatic nitrogens is 1. The molecule has 84 valence electrons. The highest BCUT2D eigenvalue weighted by Gasteiger charge is 2.13. The maximum Gasteiger partial charge on any atom is 0.166 e. The van der Waals surface area contributed by atoms with Crippen molar-refractivity contribution in [3.05, 3.63) is 22.6 Å². The summed E-state index contributed by atoms with van der Waals surface area (Å²) >= 11 is 3.13. The highest BCUT2D eigenvalue weighted by Crippen LogP contribution is 2.18. The Hall–Kier alpha value is -0.680. The molecule has 2 N–H and O–H groups in total. The van der Waals surface area contributed by atoms with Crippen LogP contribution in [0.25, 0.3) is 0 Å². The molecular weight excluding hydrogens is 263 g/mol. The first-order chi connectivity index (χ1) is 7.04. The lowest BCUT2D eigenvalue weighted by molar-refractivity contribution is 0.226. The molecule has 1 aromatic heterocycles. The fourth-order valence-electron chi connectivity index (χ4n) is 1.04. The maximum atomic E-state index is 13.4. The van der Waals surface area contributed by atoms with Crippen LogP contribution in [0.15, 0.2) is 16.7 Å². The van der Waals surface area contributed by atoms with Gasteiger partial charge in [0, 0.05) is 23.3 Å². The smallest absolute Gasteiger partial charge is 0.166 e. The fourth-order valence-corrected chi connectivity index (χ4v) is 1.34. The Morgan fingerprint density at radius 2 is 2.27 bits per heavy atom. The minimum Gasteiger partial charge on any atom is -0.396 e. The first-order valence-corrected chi connectivity index (χ1v) is 5.52. The number of aliphatic hydroxyl groups excluding tert-OH is 1. The van der Waals surface area contributed by atoms with E-state index >= 15 is 0 Å². The molecule has 2 atom stereocenters. The Morgan fingerprint density at radius 3 is 2.80 bits per heavy atom. The highest BCUT2D eigenvalue weighted by atomic mass is 79.9. The zero-order valence-electron chi connectivity index (χ0n) is 8.67. The van der Waals surface area contributed by atoms with Crippen molar-refractivity contribution in [2.75, 3.05) is 11.9 Å². The van der Waals surface area contributed by atoms with Gasteiger partial charge < -0.3 is 10.4 Å². The van der Waals surface area contributed by atoms with Gasteiger partial charge >= 0.3 is 0 Å². The van der Waals surface area contributed by atoms with Gasteiger partial charge in [0.1, 0.15) is 0 Å². The van der Waals surface area contributed by atoms with E-state index in [4.69, 9.17) is 5.11 Å². The molecule has 0 saturated heterocycles. The number of nitrogens with zero attached hydrogens (tertiary/aromatic N) is 1. The van der Waals surface area contributed by atoms with Gasteiger partial charge in [-0.25, -0.2) is 9.37 Å². The first kappa shape index (κ1) is 12.4. The third-order valence-electron chi connectivity index (χ3n) is 2.31. The minimum absolute atomic E-state index is 0.0295. The largest absolute Gasteiger partial charge is 0.396 e. The van der Waals surface area contributed by atoms with Crippen molar-refractivity contribution in [1.82, 2.24) is 4.98 Å². The van der Waals surface area contributed by atoms with Crippen LogP contribution in [-0.4, -0.2) is 22.7 Å². The van der Waals surface area contributed by atoms with E-state index in [1.165, 1.54) is 12.3 Å². The summed E-state index contributed by atoms with van der Waals surface area (Å²) < 4.78 is 14.0. The van der Waals surface area contributed by atoms with E-state index in [-0.39, 0.29) is 24.4 Å². The van der Waals surface area contributed by atoms with Crippen LogP contribution < -0.4 is 5.32 Å². The lowest BCUT2D eigenvalue weighted by atomic mass is 10.1. The second kappa shape index (κ2) is 5.42. The van der Waals surface area contributed by atoms with Crippen LogP contribution in [0.5, 0.6) is 0 Å². The Labute approximate surface area is 96.9 Å². The second-order valence-electron chi connectivity index (χ2n) is 3.58. The fraction of sp³-hybridized carbons (Fsp3) is 0.500. The SMILES string of the molecule is CC(CO)C(C)Nc1ncc(Br)cc1F. The Morgan fingerprint density at radius 1 is 1.60 bits per heavy atom. The molecule has 0 saturated carbocycles. The molecule has 0 radical (unpaired) electrons. The molecule has 0 aliphatic carbocycles. The second-order valence-corrected chi connectivity index (χ2v) is 4.49. The summed E-state index contributed by atoms with van der Waals surface area (Å²) in [7, 11) is 0. The molecule has 5 heteroatoms. The van der Waals surface area contributed by atoms with Crippen LogP contribution in [0.4, 0.5) is 10.2 Å². The number of aliphatic hydroxyl groups is 1. The summed E-state index contributed by atoms with van der Waals surface area (Å²) in [5.74, 6) is -0.137. The van der Waals surface area contributed by atoms with E-state index in [1.807, 2.05) is 13.8 Å². The molecule has 15 heavy (non-hydrogen) atoms. The quantitative estimate of drug-likeness (QED) is 0.888. The third kappa shape index (κ3) is 3.43. The highest BCUT2D eigenvalue weighted by molar-refractivity contribution is 9.10. The van der Waals surface area contributed by atoms with Gasteiger partial charge in [-0.2, -0.15) is 0 Å². The van der Waals surface area contributed by atoms with Crippen LogP contribution in [0, 0.1) is 11.7 Å². The number of pyridine rings is 1. The molecule has 1 heterocycles. The first-order valence-electron chi connectivity index (χ1n) is 4.73. The average Bonchev–Trinajstić information content (AvgIpc) is 2.20. The molecule has 0 amide bonds. The number of nitrogens with one attached hydrogen (secondary N) is 1. The molecule has 2 unspecified atom stereocenters. The molecular formula is C10H14BrFN2O. The molecule has 0 fully saturated rings. The normalized spacial score (nSPS) is 14.7. The lowest BCUT2D eigenvalue weighted by Gasteiger charge is -2.19.